The SMILES string of the molecule is CCOc1ccc(CN2C(=O)c3ccccc3C2=O)cc1C(=O)OCC(=O)NC(=O)C1CCCCC1. The fourth-order valence-corrected chi connectivity index (χ4v) is 4.53. The number of ether oxygens (including phenoxy) is 2. The minimum absolute atomic E-state index is 0.0462. The van der Waals surface area contributed by atoms with Gasteiger partial charge in [-0.3, -0.25) is 29.4 Å². The first-order chi connectivity index (χ1) is 17.4. The number of carbonyl (C=O) groups is 5. The summed E-state index contributed by atoms with van der Waals surface area (Å²) in [6, 6.07) is 11.3. The Hall–Kier alpha value is -4.01. The van der Waals surface area contributed by atoms with Crippen molar-refractivity contribution < 1.29 is 33.4 Å². The minimum atomic E-state index is -0.817. The number of nitrogens with one attached hydrogen (secondary N) is 1. The quantitative estimate of drug-likeness (QED) is 0.444. The summed E-state index contributed by atoms with van der Waals surface area (Å²) in [6.07, 6.45) is 4.49. The summed E-state index contributed by atoms with van der Waals surface area (Å²) < 4.78 is 10.7. The van der Waals surface area contributed by atoms with Crippen molar-refractivity contribution in [1.82, 2.24) is 10.2 Å². The highest BCUT2D eigenvalue weighted by atomic mass is 16.5. The van der Waals surface area contributed by atoms with Crippen molar-refractivity contribution in [3.8, 4) is 5.75 Å². The lowest BCUT2D eigenvalue weighted by Gasteiger charge is -2.20. The van der Waals surface area contributed by atoms with E-state index in [-0.39, 0.29) is 36.3 Å². The molecule has 0 atom stereocenters. The number of amides is 4. The van der Waals surface area contributed by atoms with Gasteiger partial charge in [-0.1, -0.05) is 37.5 Å². The van der Waals surface area contributed by atoms with E-state index in [4.69, 9.17) is 9.47 Å². The molecule has 1 fully saturated rings. The van der Waals surface area contributed by atoms with Crippen LogP contribution in [0.1, 0.15) is 75.7 Å². The molecule has 36 heavy (non-hydrogen) atoms. The Morgan fingerprint density at radius 1 is 0.972 bits per heavy atom. The number of carbonyl (C=O) groups excluding carboxylic acids is 5. The van der Waals surface area contributed by atoms with Crippen LogP contribution < -0.4 is 10.1 Å². The zero-order chi connectivity index (χ0) is 25.7. The van der Waals surface area contributed by atoms with Crippen molar-refractivity contribution in [2.45, 2.75) is 45.6 Å². The molecule has 2 aromatic carbocycles. The average molecular weight is 493 g/mol. The summed E-state index contributed by atoms with van der Waals surface area (Å²) in [5.41, 5.74) is 1.23. The van der Waals surface area contributed by atoms with Gasteiger partial charge in [0.15, 0.2) is 6.61 Å². The fourth-order valence-electron chi connectivity index (χ4n) is 4.53. The van der Waals surface area contributed by atoms with Crippen molar-refractivity contribution in [3.63, 3.8) is 0 Å². The zero-order valence-corrected chi connectivity index (χ0v) is 20.1. The number of hydrogen-bond donors (Lipinski definition) is 1. The molecule has 1 saturated carbocycles. The van der Waals surface area contributed by atoms with E-state index in [9.17, 15) is 24.0 Å². The number of benzene rings is 2. The molecule has 0 unspecified atom stereocenters. The fraction of sp³-hybridized carbons (Fsp3) is 0.370. The van der Waals surface area contributed by atoms with Crippen LogP contribution in [0.5, 0.6) is 5.75 Å². The molecule has 0 spiro atoms. The van der Waals surface area contributed by atoms with Gasteiger partial charge in [-0.25, -0.2) is 4.79 Å². The monoisotopic (exact) mass is 492 g/mol. The Bertz CT molecular complexity index is 1170. The Balaban J connectivity index is 1.42. The first-order valence-corrected chi connectivity index (χ1v) is 12.1. The maximum absolute atomic E-state index is 12.8. The molecule has 0 saturated heterocycles. The van der Waals surface area contributed by atoms with Gasteiger partial charge in [0, 0.05) is 5.92 Å². The summed E-state index contributed by atoms with van der Waals surface area (Å²) in [4.78, 5) is 63.8. The van der Waals surface area contributed by atoms with Gasteiger partial charge in [0.25, 0.3) is 17.7 Å². The molecular weight excluding hydrogens is 464 g/mol. The van der Waals surface area contributed by atoms with Gasteiger partial charge in [-0.15, -0.1) is 0 Å². The van der Waals surface area contributed by atoms with E-state index in [0.29, 0.717) is 16.7 Å². The predicted molar refractivity (Wildman–Crippen MR) is 128 cm³/mol. The molecule has 2 aromatic rings. The first-order valence-electron chi connectivity index (χ1n) is 12.1. The second kappa shape index (κ2) is 11.2. The van der Waals surface area contributed by atoms with Gasteiger partial charge in [0.1, 0.15) is 11.3 Å². The third-order valence-electron chi connectivity index (χ3n) is 6.36. The minimum Gasteiger partial charge on any atom is -0.493 e. The number of fused-ring (bicyclic) bond motifs is 1. The van der Waals surface area contributed by atoms with E-state index < -0.39 is 30.3 Å². The molecule has 9 nitrogen and oxygen atoms in total. The van der Waals surface area contributed by atoms with E-state index in [2.05, 4.69) is 5.32 Å². The number of esters is 1. The molecule has 4 rings (SSSR count). The van der Waals surface area contributed by atoms with Crippen molar-refractivity contribution in [2.75, 3.05) is 13.2 Å². The lowest BCUT2D eigenvalue weighted by Crippen LogP contribution is -2.38. The van der Waals surface area contributed by atoms with E-state index in [0.717, 1.165) is 37.0 Å². The van der Waals surface area contributed by atoms with Gasteiger partial charge in [0.05, 0.1) is 24.3 Å². The van der Waals surface area contributed by atoms with E-state index in [1.54, 1.807) is 43.3 Å². The molecule has 188 valence electrons. The molecule has 9 heteroatoms. The van der Waals surface area contributed by atoms with Crippen LogP contribution in [0, 0.1) is 5.92 Å². The first kappa shape index (κ1) is 25.1. The smallest absolute Gasteiger partial charge is 0.342 e. The Morgan fingerprint density at radius 2 is 1.64 bits per heavy atom. The van der Waals surface area contributed by atoms with E-state index in [1.165, 1.54) is 6.07 Å². The molecule has 1 aliphatic carbocycles. The van der Waals surface area contributed by atoms with Crippen molar-refractivity contribution in [1.29, 1.82) is 0 Å². The molecular formula is C27H28N2O7. The highest BCUT2D eigenvalue weighted by molar-refractivity contribution is 6.21. The molecule has 0 bridgehead atoms. The second-order valence-electron chi connectivity index (χ2n) is 8.83. The maximum atomic E-state index is 12.8. The van der Waals surface area contributed by atoms with E-state index >= 15 is 0 Å². The molecule has 1 N–H and O–H groups in total. The number of hydrogen-bond acceptors (Lipinski definition) is 7. The normalized spacial score (nSPS) is 15.4. The summed E-state index contributed by atoms with van der Waals surface area (Å²) >= 11 is 0. The van der Waals surface area contributed by atoms with Crippen LogP contribution in [0.2, 0.25) is 0 Å². The van der Waals surface area contributed by atoms with Gasteiger partial charge in [-0.05, 0) is 49.6 Å². The second-order valence-corrected chi connectivity index (χ2v) is 8.83. The van der Waals surface area contributed by atoms with Crippen LogP contribution in [0.15, 0.2) is 42.5 Å². The third kappa shape index (κ3) is 5.45. The summed E-state index contributed by atoms with van der Waals surface area (Å²) in [5.74, 6) is -2.62. The topological polar surface area (TPSA) is 119 Å². The maximum Gasteiger partial charge on any atom is 0.342 e. The highest BCUT2D eigenvalue weighted by Gasteiger charge is 2.35. The largest absolute Gasteiger partial charge is 0.493 e. The molecule has 4 amide bonds. The van der Waals surface area contributed by atoms with Crippen molar-refractivity contribution in [2.24, 2.45) is 5.92 Å². The number of nitrogens with zero attached hydrogens (tertiary/aromatic N) is 1. The number of rotatable bonds is 8. The molecule has 0 radical (unpaired) electrons. The molecule has 1 aliphatic heterocycles. The molecule has 2 aliphatic rings. The average Bonchev–Trinajstić information content (AvgIpc) is 3.13. The van der Waals surface area contributed by atoms with Crippen LogP contribution in [-0.4, -0.2) is 47.7 Å². The number of imide groups is 2. The van der Waals surface area contributed by atoms with Crippen LogP contribution in [0.4, 0.5) is 0 Å². The molecule has 0 aromatic heterocycles. The van der Waals surface area contributed by atoms with Crippen molar-refractivity contribution >= 4 is 29.6 Å². The van der Waals surface area contributed by atoms with Crippen LogP contribution in [0.3, 0.4) is 0 Å². The summed E-state index contributed by atoms with van der Waals surface area (Å²) in [6.45, 7) is 1.38. The van der Waals surface area contributed by atoms with Crippen molar-refractivity contribution in [3.05, 3.63) is 64.7 Å². The van der Waals surface area contributed by atoms with Gasteiger partial charge in [0.2, 0.25) is 5.91 Å². The van der Waals surface area contributed by atoms with Crippen LogP contribution >= 0.6 is 0 Å². The Morgan fingerprint density at radius 3 is 2.28 bits per heavy atom. The standard InChI is InChI=1S/C27H28N2O7/c1-2-35-22-13-12-17(15-29-25(32)19-10-6-7-11-20(19)26(29)33)14-21(22)27(34)36-16-23(30)28-24(31)18-8-4-3-5-9-18/h6-7,10-14,18H,2-5,8-9,15-16H2,1H3,(H,28,30,31). The summed E-state index contributed by atoms with van der Waals surface area (Å²) in [7, 11) is 0. The van der Waals surface area contributed by atoms with Gasteiger partial charge >= 0.3 is 5.97 Å². The zero-order valence-electron chi connectivity index (χ0n) is 20.1. The summed E-state index contributed by atoms with van der Waals surface area (Å²) in [5, 5.41) is 2.31. The third-order valence-corrected chi connectivity index (χ3v) is 6.36. The van der Waals surface area contributed by atoms with Gasteiger partial charge in [-0.2, -0.15) is 0 Å². The predicted octanol–water partition coefficient (Wildman–Crippen LogP) is 3.26. The lowest BCUT2D eigenvalue weighted by atomic mass is 9.89. The van der Waals surface area contributed by atoms with Crippen LogP contribution in [-0.2, 0) is 20.9 Å². The highest BCUT2D eigenvalue weighted by Crippen LogP contribution is 2.27. The molecule has 1 heterocycles. The Labute approximate surface area is 208 Å². The van der Waals surface area contributed by atoms with E-state index in [1.807, 2.05) is 0 Å². The van der Waals surface area contributed by atoms with Gasteiger partial charge < -0.3 is 9.47 Å². The van der Waals surface area contributed by atoms with Crippen LogP contribution in [0.25, 0.3) is 0 Å². The lowest BCUT2D eigenvalue weighted by molar-refractivity contribution is -0.135. The Kier molecular flexibility index (Phi) is 7.77.